The molecule has 0 aliphatic carbocycles. The second kappa shape index (κ2) is 4.88. The van der Waals surface area contributed by atoms with Gasteiger partial charge in [0.25, 0.3) is 0 Å². The van der Waals surface area contributed by atoms with Crippen LogP contribution in [0.1, 0.15) is 18.9 Å². The summed E-state index contributed by atoms with van der Waals surface area (Å²) in [5, 5.41) is 0.268. The van der Waals surface area contributed by atoms with Gasteiger partial charge in [0, 0.05) is 9.85 Å². The van der Waals surface area contributed by atoms with Crippen LogP contribution in [-0.2, 0) is 6.42 Å². The van der Waals surface area contributed by atoms with Gasteiger partial charge >= 0.3 is 0 Å². The molecule has 0 N–H and O–H groups in total. The first-order valence-corrected chi connectivity index (χ1v) is 5.30. The molecule has 0 aromatic heterocycles. The van der Waals surface area contributed by atoms with Crippen molar-refractivity contribution in [2.75, 3.05) is 0 Å². The number of alkyl halides is 1. The average Bonchev–Trinajstić information content (AvgIpc) is 2.01. The molecule has 0 aliphatic rings. The van der Waals surface area contributed by atoms with Crippen LogP contribution in [0.3, 0.4) is 0 Å². The molecule has 0 bridgehead atoms. The number of aryl methyl sites for hydroxylation is 1. The normalized spacial score (nSPS) is 12.9. The molecule has 0 aliphatic heterocycles. The fourth-order valence-corrected chi connectivity index (χ4v) is 1.61. The predicted molar refractivity (Wildman–Crippen MR) is 57.8 cm³/mol. The SMILES string of the molecule is CC(Cl)CCc1cccc(Br)c1. The number of halogens is 2. The standard InChI is InChI=1S/C10H12BrCl/c1-8(12)5-6-9-3-2-4-10(11)7-9/h2-4,7-8H,5-6H2,1H3. The van der Waals surface area contributed by atoms with Gasteiger partial charge in [-0.25, -0.2) is 0 Å². The molecular formula is C10H12BrCl. The van der Waals surface area contributed by atoms with Gasteiger partial charge in [-0.05, 0) is 37.5 Å². The molecule has 1 unspecified atom stereocenters. The smallest absolute Gasteiger partial charge is 0.0311 e. The largest absolute Gasteiger partial charge is 0.123 e. The molecule has 2 heteroatoms. The Kier molecular flexibility index (Phi) is 4.10. The highest BCUT2D eigenvalue weighted by Crippen LogP contribution is 2.14. The fraction of sp³-hybridized carbons (Fsp3) is 0.400. The van der Waals surface area contributed by atoms with Crippen LogP contribution in [0, 0.1) is 0 Å². The van der Waals surface area contributed by atoms with Crippen molar-refractivity contribution in [3.8, 4) is 0 Å². The van der Waals surface area contributed by atoms with E-state index in [-0.39, 0.29) is 5.38 Å². The highest BCUT2D eigenvalue weighted by Gasteiger charge is 1.98. The second-order valence-electron chi connectivity index (χ2n) is 2.95. The monoisotopic (exact) mass is 246 g/mol. The lowest BCUT2D eigenvalue weighted by Crippen LogP contribution is -1.94. The summed E-state index contributed by atoms with van der Waals surface area (Å²) in [6, 6.07) is 8.36. The summed E-state index contributed by atoms with van der Waals surface area (Å²) in [5.41, 5.74) is 1.34. The molecule has 0 heterocycles. The Morgan fingerprint density at radius 1 is 1.50 bits per heavy atom. The molecule has 0 spiro atoms. The van der Waals surface area contributed by atoms with Gasteiger partial charge in [0.05, 0.1) is 0 Å². The molecule has 66 valence electrons. The summed E-state index contributed by atoms with van der Waals surface area (Å²) in [6.45, 7) is 2.03. The molecule has 0 nitrogen and oxygen atoms in total. The van der Waals surface area contributed by atoms with E-state index in [9.17, 15) is 0 Å². The van der Waals surface area contributed by atoms with Gasteiger partial charge in [0.15, 0.2) is 0 Å². The van der Waals surface area contributed by atoms with Gasteiger partial charge in [-0.1, -0.05) is 28.1 Å². The van der Waals surface area contributed by atoms with E-state index >= 15 is 0 Å². The van der Waals surface area contributed by atoms with Gasteiger partial charge in [0.1, 0.15) is 0 Å². The first-order valence-electron chi connectivity index (χ1n) is 4.07. The molecule has 1 rings (SSSR count). The zero-order valence-corrected chi connectivity index (χ0v) is 9.40. The van der Waals surface area contributed by atoms with Crippen LogP contribution >= 0.6 is 27.5 Å². The fourth-order valence-electron chi connectivity index (χ4n) is 1.06. The van der Waals surface area contributed by atoms with Crippen LogP contribution in [0.25, 0.3) is 0 Å². The lowest BCUT2D eigenvalue weighted by atomic mass is 10.1. The lowest BCUT2D eigenvalue weighted by Gasteiger charge is -2.03. The predicted octanol–water partition coefficient (Wildman–Crippen LogP) is 4.01. The van der Waals surface area contributed by atoms with Crippen molar-refractivity contribution in [3.05, 3.63) is 34.3 Å². The van der Waals surface area contributed by atoms with Crippen molar-refractivity contribution in [2.45, 2.75) is 25.1 Å². The molecule has 12 heavy (non-hydrogen) atoms. The van der Waals surface area contributed by atoms with E-state index in [4.69, 9.17) is 11.6 Å². The first kappa shape index (κ1) is 10.1. The van der Waals surface area contributed by atoms with E-state index in [1.165, 1.54) is 5.56 Å². The number of hydrogen-bond acceptors (Lipinski definition) is 0. The second-order valence-corrected chi connectivity index (χ2v) is 4.61. The molecule has 1 atom stereocenters. The third kappa shape index (κ3) is 3.59. The van der Waals surface area contributed by atoms with Crippen LogP contribution < -0.4 is 0 Å². The highest BCUT2D eigenvalue weighted by molar-refractivity contribution is 9.10. The zero-order chi connectivity index (χ0) is 8.97. The summed E-state index contributed by atoms with van der Waals surface area (Å²) < 4.78 is 1.14. The summed E-state index contributed by atoms with van der Waals surface area (Å²) in [4.78, 5) is 0. The van der Waals surface area contributed by atoms with E-state index in [2.05, 4.69) is 34.1 Å². The van der Waals surface area contributed by atoms with Gasteiger partial charge in [0.2, 0.25) is 0 Å². The Bertz CT molecular complexity index is 245. The molecule has 0 amide bonds. The topological polar surface area (TPSA) is 0 Å². The first-order chi connectivity index (χ1) is 5.68. The van der Waals surface area contributed by atoms with E-state index in [1.54, 1.807) is 0 Å². The van der Waals surface area contributed by atoms with E-state index in [0.717, 1.165) is 17.3 Å². The summed E-state index contributed by atoms with van der Waals surface area (Å²) in [7, 11) is 0. The van der Waals surface area contributed by atoms with Crippen LogP contribution in [0.4, 0.5) is 0 Å². The minimum absolute atomic E-state index is 0.268. The Morgan fingerprint density at radius 2 is 2.25 bits per heavy atom. The summed E-state index contributed by atoms with van der Waals surface area (Å²) >= 11 is 9.29. The highest BCUT2D eigenvalue weighted by atomic mass is 79.9. The van der Waals surface area contributed by atoms with E-state index < -0.39 is 0 Å². The maximum Gasteiger partial charge on any atom is 0.0311 e. The van der Waals surface area contributed by atoms with Crippen LogP contribution in [0.2, 0.25) is 0 Å². The molecule has 1 aromatic rings. The van der Waals surface area contributed by atoms with Crippen molar-refractivity contribution in [1.82, 2.24) is 0 Å². The molecule has 0 fully saturated rings. The van der Waals surface area contributed by atoms with Gasteiger partial charge in [-0.2, -0.15) is 0 Å². The summed E-state index contributed by atoms with van der Waals surface area (Å²) in [6.07, 6.45) is 2.10. The van der Waals surface area contributed by atoms with Crippen LogP contribution in [0.15, 0.2) is 28.7 Å². The van der Waals surface area contributed by atoms with Crippen molar-refractivity contribution in [1.29, 1.82) is 0 Å². The van der Waals surface area contributed by atoms with E-state index in [1.807, 2.05) is 13.0 Å². The van der Waals surface area contributed by atoms with E-state index in [0.29, 0.717) is 0 Å². The quantitative estimate of drug-likeness (QED) is 0.708. The number of rotatable bonds is 3. The zero-order valence-electron chi connectivity index (χ0n) is 7.06. The van der Waals surface area contributed by atoms with Crippen molar-refractivity contribution in [3.63, 3.8) is 0 Å². The molecule has 0 radical (unpaired) electrons. The molecule has 0 saturated carbocycles. The van der Waals surface area contributed by atoms with Crippen LogP contribution in [0.5, 0.6) is 0 Å². The van der Waals surface area contributed by atoms with Gasteiger partial charge in [-0.3, -0.25) is 0 Å². The minimum atomic E-state index is 0.268. The average molecular weight is 248 g/mol. The maximum absolute atomic E-state index is 5.86. The minimum Gasteiger partial charge on any atom is -0.123 e. The Balaban J connectivity index is 2.52. The Morgan fingerprint density at radius 3 is 2.83 bits per heavy atom. The van der Waals surface area contributed by atoms with Crippen molar-refractivity contribution in [2.24, 2.45) is 0 Å². The van der Waals surface area contributed by atoms with Crippen LogP contribution in [-0.4, -0.2) is 5.38 Å². The Labute approximate surface area is 87.1 Å². The third-order valence-corrected chi connectivity index (χ3v) is 2.43. The maximum atomic E-state index is 5.86. The molecule has 1 aromatic carbocycles. The molecule has 0 saturated heterocycles. The van der Waals surface area contributed by atoms with Crippen molar-refractivity contribution < 1.29 is 0 Å². The lowest BCUT2D eigenvalue weighted by molar-refractivity contribution is 0.803. The number of benzene rings is 1. The molecular weight excluding hydrogens is 235 g/mol. The van der Waals surface area contributed by atoms with Crippen molar-refractivity contribution >= 4 is 27.5 Å². The summed E-state index contributed by atoms with van der Waals surface area (Å²) in [5.74, 6) is 0. The number of hydrogen-bond donors (Lipinski definition) is 0. The third-order valence-electron chi connectivity index (χ3n) is 1.72. The van der Waals surface area contributed by atoms with Gasteiger partial charge < -0.3 is 0 Å². The van der Waals surface area contributed by atoms with Gasteiger partial charge in [-0.15, -0.1) is 11.6 Å². The Hall–Kier alpha value is -0.0100.